The van der Waals surface area contributed by atoms with E-state index in [1.54, 1.807) is 24.3 Å². The number of hydrogen-bond acceptors (Lipinski definition) is 2. The third-order valence-electron chi connectivity index (χ3n) is 4.37. The lowest BCUT2D eigenvalue weighted by Crippen LogP contribution is -2.47. The zero-order valence-corrected chi connectivity index (χ0v) is 12.9. The third-order valence-corrected chi connectivity index (χ3v) is 4.76. The molecule has 2 aromatic rings. The number of aliphatic carboxylic acids is 1. The van der Waals surface area contributed by atoms with Gasteiger partial charge in [0, 0.05) is 24.0 Å². The van der Waals surface area contributed by atoms with Crippen LogP contribution in [0.25, 0.3) is 10.9 Å². The molecule has 1 aromatic carbocycles. The van der Waals surface area contributed by atoms with Crippen LogP contribution < -0.4 is 0 Å². The minimum atomic E-state index is -4.95. The molecule has 1 aliphatic rings. The van der Waals surface area contributed by atoms with Crippen molar-refractivity contribution in [2.24, 2.45) is 5.41 Å². The molecular weight excluding hydrogens is 349 g/mol. The van der Waals surface area contributed by atoms with Crippen LogP contribution in [-0.2, 0) is 4.79 Å². The fourth-order valence-corrected chi connectivity index (χ4v) is 3.22. The normalized spacial score (nSPS) is 21.4. The van der Waals surface area contributed by atoms with E-state index >= 15 is 0 Å². The maximum atomic E-state index is 13.2. The van der Waals surface area contributed by atoms with Crippen LogP contribution in [0.3, 0.4) is 0 Å². The summed E-state index contributed by atoms with van der Waals surface area (Å²) < 4.78 is 39.6. The average molecular weight is 361 g/mol. The number of nitrogens with one attached hydrogen (secondary N) is 1. The van der Waals surface area contributed by atoms with Gasteiger partial charge in [-0.25, -0.2) is 0 Å². The van der Waals surface area contributed by atoms with Crippen molar-refractivity contribution >= 4 is 34.4 Å². The topological polar surface area (TPSA) is 73.4 Å². The minimum absolute atomic E-state index is 0.0405. The number of carbonyl (C=O) groups is 2. The lowest BCUT2D eigenvalue weighted by atomic mass is 9.86. The van der Waals surface area contributed by atoms with Gasteiger partial charge >= 0.3 is 12.1 Å². The van der Waals surface area contributed by atoms with Gasteiger partial charge in [-0.15, -0.1) is 0 Å². The molecule has 0 bridgehead atoms. The summed E-state index contributed by atoms with van der Waals surface area (Å²) in [7, 11) is 0. The number of halogens is 4. The van der Waals surface area contributed by atoms with Gasteiger partial charge in [0.1, 0.15) is 5.69 Å². The number of alkyl halides is 3. The van der Waals surface area contributed by atoms with Crippen molar-refractivity contribution in [1.29, 1.82) is 0 Å². The van der Waals surface area contributed by atoms with Gasteiger partial charge in [-0.3, -0.25) is 9.59 Å². The molecule has 1 unspecified atom stereocenters. The van der Waals surface area contributed by atoms with Gasteiger partial charge in [0.25, 0.3) is 5.91 Å². The second-order valence-corrected chi connectivity index (χ2v) is 6.10. The molecule has 1 atom stereocenters. The predicted octanol–water partition coefficient (Wildman–Crippen LogP) is 3.30. The molecule has 0 aliphatic carbocycles. The first-order valence-corrected chi connectivity index (χ1v) is 7.41. The Labute approximate surface area is 139 Å². The SMILES string of the molecule is O=C(c1[nH]c2ccccc2c1Cl)N1CCC(C(=O)O)(C(F)(F)F)C1. The number of likely N-dealkylation sites (tertiary alicyclic amines) is 1. The van der Waals surface area contributed by atoms with Gasteiger partial charge in [0.2, 0.25) is 0 Å². The quantitative estimate of drug-likeness (QED) is 0.863. The summed E-state index contributed by atoms with van der Waals surface area (Å²) in [6.45, 7) is -1.24. The molecule has 0 radical (unpaired) electrons. The van der Waals surface area contributed by atoms with Crippen LogP contribution in [0.5, 0.6) is 0 Å². The number of para-hydroxylation sites is 1. The molecule has 0 saturated carbocycles. The number of carboxylic acid groups (broad SMARTS) is 1. The molecule has 2 N–H and O–H groups in total. The van der Waals surface area contributed by atoms with E-state index in [1.807, 2.05) is 0 Å². The molecule has 1 amide bonds. The smallest absolute Gasteiger partial charge is 0.406 e. The van der Waals surface area contributed by atoms with Gasteiger partial charge in [0.15, 0.2) is 5.41 Å². The van der Waals surface area contributed by atoms with Crippen LogP contribution in [-0.4, -0.2) is 46.1 Å². The first kappa shape index (κ1) is 16.6. The van der Waals surface area contributed by atoms with E-state index in [2.05, 4.69) is 4.98 Å². The van der Waals surface area contributed by atoms with Crippen LogP contribution >= 0.6 is 11.6 Å². The summed E-state index contributed by atoms with van der Waals surface area (Å²) >= 11 is 6.14. The fourth-order valence-electron chi connectivity index (χ4n) is 2.92. The Kier molecular flexibility index (Phi) is 3.75. The third kappa shape index (κ3) is 2.32. The molecule has 3 rings (SSSR count). The van der Waals surface area contributed by atoms with E-state index < -0.39 is 36.4 Å². The molecule has 2 heterocycles. The summed E-state index contributed by atoms with van der Waals surface area (Å²) in [5.74, 6) is -2.73. The van der Waals surface area contributed by atoms with Gasteiger partial charge in [-0.05, 0) is 12.5 Å². The first-order chi connectivity index (χ1) is 11.2. The lowest BCUT2D eigenvalue weighted by molar-refractivity contribution is -0.227. The highest BCUT2D eigenvalue weighted by atomic mass is 35.5. The number of fused-ring (bicyclic) bond motifs is 1. The van der Waals surface area contributed by atoms with E-state index in [1.165, 1.54) is 0 Å². The van der Waals surface area contributed by atoms with E-state index in [-0.39, 0.29) is 17.3 Å². The summed E-state index contributed by atoms with van der Waals surface area (Å²) in [4.78, 5) is 27.4. The van der Waals surface area contributed by atoms with E-state index in [0.717, 1.165) is 4.90 Å². The van der Waals surface area contributed by atoms with Crippen molar-refractivity contribution in [3.05, 3.63) is 35.0 Å². The van der Waals surface area contributed by atoms with Crippen molar-refractivity contribution < 1.29 is 27.9 Å². The zero-order valence-electron chi connectivity index (χ0n) is 12.2. The predicted molar refractivity (Wildman–Crippen MR) is 80.0 cm³/mol. The van der Waals surface area contributed by atoms with Crippen LogP contribution in [0, 0.1) is 5.41 Å². The van der Waals surface area contributed by atoms with Crippen LogP contribution in [0.4, 0.5) is 13.2 Å². The second kappa shape index (κ2) is 5.41. The van der Waals surface area contributed by atoms with Crippen molar-refractivity contribution in [2.75, 3.05) is 13.1 Å². The molecule has 0 spiro atoms. The number of aromatic nitrogens is 1. The largest absolute Gasteiger partial charge is 0.481 e. The maximum absolute atomic E-state index is 13.2. The molecular formula is C15H12ClF3N2O3. The number of H-pyrrole nitrogens is 1. The number of aromatic amines is 1. The molecule has 1 saturated heterocycles. The molecule has 1 aliphatic heterocycles. The molecule has 128 valence electrons. The summed E-state index contributed by atoms with van der Waals surface area (Å²) in [6.07, 6.45) is -5.63. The number of carboxylic acids is 1. The maximum Gasteiger partial charge on any atom is 0.406 e. The molecule has 24 heavy (non-hydrogen) atoms. The van der Waals surface area contributed by atoms with E-state index in [9.17, 15) is 22.8 Å². The van der Waals surface area contributed by atoms with Gasteiger partial charge < -0.3 is 15.0 Å². The highest BCUT2D eigenvalue weighted by Crippen LogP contribution is 2.46. The van der Waals surface area contributed by atoms with Gasteiger partial charge in [0.05, 0.1) is 5.02 Å². The van der Waals surface area contributed by atoms with Crippen molar-refractivity contribution in [1.82, 2.24) is 9.88 Å². The number of benzene rings is 1. The van der Waals surface area contributed by atoms with Crippen molar-refractivity contribution in [2.45, 2.75) is 12.6 Å². The number of amides is 1. The van der Waals surface area contributed by atoms with Crippen LogP contribution in [0.15, 0.2) is 24.3 Å². The molecule has 1 aromatic heterocycles. The second-order valence-electron chi connectivity index (χ2n) is 5.72. The molecule has 9 heteroatoms. The Morgan fingerprint density at radius 1 is 1.29 bits per heavy atom. The van der Waals surface area contributed by atoms with Crippen LogP contribution in [0.1, 0.15) is 16.9 Å². The molecule has 5 nitrogen and oxygen atoms in total. The van der Waals surface area contributed by atoms with Gasteiger partial charge in [-0.2, -0.15) is 13.2 Å². The number of carbonyl (C=O) groups excluding carboxylic acids is 1. The monoisotopic (exact) mass is 360 g/mol. The summed E-state index contributed by atoms with van der Waals surface area (Å²) in [6, 6.07) is 6.79. The Morgan fingerprint density at radius 2 is 1.96 bits per heavy atom. The molecule has 1 fully saturated rings. The zero-order chi connectivity index (χ0) is 17.7. The first-order valence-electron chi connectivity index (χ1n) is 7.03. The van der Waals surface area contributed by atoms with Gasteiger partial charge in [-0.1, -0.05) is 29.8 Å². The number of hydrogen-bond donors (Lipinski definition) is 2. The number of rotatable bonds is 2. The average Bonchev–Trinajstić information content (AvgIpc) is 3.10. The lowest BCUT2D eigenvalue weighted by Gasteiger charge is -2.27. The Bertz CT molecular complexity index is 833. The number of nitrogens with zero attached hydrogens (tertiary/aromatic N) is 1. The Morgan fingerprint density at radius 3 is 2.50 bits per heavy atom. The Hall–Kier alpha value is -2.22. The summed E-state index contributed by atoms with van der Waals surface area (Å²) in [5, 5.41) is 9.72. The fraction of sp³-hybridized carbons (Fsp3) is 0.333. The Balaban J connectivity index is 1.94. The minimum Gasteiger partial charge on any atom is -0.481 e. The standard InChI is InChI=1S/C15H12ClF3N2O3/c16-10-8-3-1-2-4-9(8)20-11(10)12(22)21-6-5-14(7-21,13(23)24)15(17,18)19/h1-4,20H,5-7H2,(H,23,24). The van der Waals surface area contributed by atoms with Crippen LogP contribution in [0.2, 0.25) is 5.02 Å². The van der Waals surface area contributed by atoms with E-state index in [4.69, 9.17) is 16.7 Å². The van der Waals surface area contributed by atoms with E-state index in [0.29, 0.717) is 10.9 Å². The van der Waals surface area contributed by atoms with Crippen molar-refractivity contribution in [3.8, 4) is 0 Å². The summed E-state index contributed by atoms with van der Waals surface area (Å²) in [5.41, 5.74) is -2.41. The highest BCUT2D eigenvalue weighted by Gasteiger charge is 2.64. The highest BCUT2D eigenvalue weighted by molar-refractivity contribution is 6.38. The van der Waals surface area contributed by atoms with Crippen molar-refractivity contribution in [3.63, 3.8) is 0 Å².